The molecule has 0 aliphatic heterocycles. The number of Topliss-reactive ketones (excluding diaryl/α,β-unsaturated/α-hetero) is 1. The van der Waals surface area contributed by atoms with Gasteiger partial charge in [-0.1, -0.05) is 18.2 Å². The minimum Gasteiger partial charge on any atom is -0.435 e. The summed E-state index contributed by atoms with van der Waals surface area (Å²) >= 11 is 0. The lowest BCUT2D eigenvalue weighted by atomic mass is 9.76. The zero-order valence-electron chi connectivity index (χ0n) is 14.3. The maximum Gasteiger partial charge on any atom is 0.387 e. The van der Waals surface area contributed by atoms with Gasteiger partial charge in [-0.25, -0.2) is 0 Å². The van der Waals surface area contributed by atoms with Crippen molar-refractivity contribution in [2.75, 3.05) is 0 Å². The number of ether oxygens (including phenoxy) is 1. The summed E-state index contributed by atoms with van der Waals surface area (Å²) in [5.41, 5.74) is 0.0687. The second kappa shape index (κ2) is 7.26. The van der Waals surface area contributed by atoms with E-state index in [1.165, 1.54) is 37.4 Å². The number of halogens is 4. The number of rotatable bonds is 5. The predicted molar refractivity (Wildman–Crippen MR) is 87.7 cm³/mol. The molecule has 0 amide bonds. The highest BCUT2D eigenvalue weighted by Crippen LogP contribution is 2.44. The van der Waals surface area contributed by atoms with E-state index < -0.39 is 35.9 Å². The minimum atomic E-state index is -3.75. The van der Waals surface area contributed by atoms with E-state index in [1.54, 1.807) is 6.07 Å². The van der Waals surface area contributed by atoms with Crippen LogP contribution in [0.1, 0.15) is 35.4 Å². The first-order chi connectivity index (χ1) is 12.7. The lowest BCUT2D eigenvalue weighted by Gasteiger charge is -2.32. The van der Waals surface area contributed by atoms with Gasteiger partial charge in [0.05, 0.1) is 6.10 Å². The average Bonchev–Trinajstić information content (AvgIpc) is 2.59. The number of ketones is 1. The predicted octanol–water partition coefficient (Wildman–Crippen LogP) is 3.81. The van der Waals surface area contributed by atoms with Crippen molar-refractivity contribution in [3.63, 3.8) is 0 Å². The van der Waals surface area contributed by atoms with E-state index in [1.807, 2.05) is 0 Å². The van der Waals surface area contributed by atoms with Crippen molar-refractivity contribution in [3.8, 4) is 5.75 Å². The van der Waals surface area contributed by atoms with Crippen LogP contribution >= 0.6 is 0 Å². The third-order valence-corrected chi connectivity index (χ3v) is 4.56. The van der Waals surface area contributed by atoms with Gasteiger partial charge in [-0.05, 0) is 30.5 Å². The molecule has 1 aliphatic rings. The summed E-state index contributed by atoms with van der Waals surface area (Å²) in [4.78, 5) is 16.4. The molecule has 1 aromatic carbocycles. The fraction of sp³-hybridized carbons (Fsp3) is 0.368. The highest BCUT2D eigenvalue weighted by atomic mass is 19.3. The van der Waals surface area contributed by atoms with Crippen LogP contribution < -0.4 is 4.74 Å². The van der Waals surface area contributed by atoms with Crippen LogP contribution in [0.3, 0.4) is 0 Å². The molecule has 0 spiro atoms. The molecule has 1 N–H and O–H groups in total. The van der Waals surface area contributed by atoms with Crippen LogP contribution in [0.2, 0.25) is 0 Å². The first-order valence-electron chi connectivity index (χ1n) is 8.32. The molecule has 0 fully saturated rings. The molecule has 3 rings (SSSR count). The summed E-state index contributed by atoms with van der Waals surface area (Å²) in [6, 6.07) is 6.85. The molecule has 2 atom stereocenters. The standard InChI is InChI=1S/C19H17F4NO3/c1-10(25)15-4-2-3-11-7-12(17(26)19(22,23)16(11)15)8-13-9-14(5-6-24-13)27-18(20)21/h2-6,9-10,12,18,25H,7-8H2,1H3/t10-,12?/m0/s1. The lowest BCUT2D eigenvalue weighted by molar-refractivity contribution is -0.151. The summed E-state index contributed by atoms with van der Waals surface area (Å²) in [6.45, 7) is -1.66. The summed E-state index contributed by atoms with van der Waals surface area (Å²) in [5, 5.41) is 9.77. The molecular weight excluding hydrogens is 366 g/mol. The molecule has 8 heteroatoms. The van der Waals surface area contributed by atoms with E-state index in [0.29, 0.717) is 0 Å². The van der Waals surface area contributed by atoms with Gasteiger partial charge in [-0.3, -0.25) is 9.78 Å². The molecule has 0 saturated carbocycles. The second-order valence-corrected chi connectivity index (χ2v) is 6.46. The number of alkyl halides is 4. The number of nitrogens with zero attached hydrogens (tertiary/aromatic N) is 1. The van der Waals surface area contributed by atoms with Crippen molar-refractivity contribution >= 4 is 5.78 Å². The number of pyridine rings is 1. The maximum absolute atomic E-state index is 14.8. The van der Waals surface area contributed by atoms with Gasteiger partial charge in [0, 0.05) is 35.9 Å². The Balaban J connectivity index is 1.92. The fourth-order valence-corrected chi connectivity index (χ4v) is 3.42. The Labute approximate surface area is 152 Å². The van der Waals surface area contributed by atoms with Crippen molar-refractivity contribution in [1.82, 2.24) is 4.98 Å². The topological polar surface area (TPSA) is 59.4 Å². The Morgan fingerprint density at radius 3 is 2.74 bits per heavy atom. The Morgan fingerprint density at radius 1 is 1.33 bits per heavy atom. The molecule has 1 aromatic heterocycles. The number of aliphatic hydroxyl groups is 1. The number of hydrogen-bond donors (Lipinski definition) is 1. The molecule has 1 heterocycles. The quantitative estimate of drug-likeness (QED) is 0.798. The number of carbonyl (C=O) groups excluding carboxylic acids is 1. The van der Waals surface area contributed by atoms with Crippen LogP contribution in [0.4, 0.5) is 17.6 Å². The average molecular weight is 383 g/mol. The van der Waals surface area contributed by atoms with Gasteiger partial charge >= 0.3 is 12.5 Å². The smallest absolute Gasteiger partial charge is 0.387 e. The van der Waals surface area contributed by atoms with Gasteiger partial charge < -0.3 is 9.84 Å². The summed E-state index contributed by atoms with van der Waals surface area (Å²) in [7, 11) is 0. The number of carbonyl (C=O) groups is 1. The summed E-state index contributed by atoms with van der Waals surface area (Å²) in [6.07, 6.45) is -0.00284. The van der Waals surface area contributed by atoms with E-state index in [4.69, 9.17) is 0 Å². The van der Waals surface area contributed by atoms with Crippen LogP contribution in [-0.2, 0) is 23.6 Å². The largest absolute Gasteiger partial charge is 0.435 e. The fourth-order valence-electron chi connectivity index (χ4n) is 3.42. The summed E-state index contributed by atoms with van der Waals surface area (Å²) < 4.78 is 58.6. The molecule has 144 valence electrons. The minimum absolute atomic E-state index is 0.0229. The van der Waals surface area contributed by atoms with Crippen molar-refractivity contribution in [3.05, 3.63) is 58.9 Å². The molecular formula is C19H17F4NO3. The molecule has 27 heavy (non-hydrogen) atoms. The van der Waals surface area contributed by atoms with E-state index in [9.17, 15) is 27.5 Å². The molecule has 1 aliphatic carbocycles. The van der Waals surface area contributed by atoms with E-state index >= 15 is 0 Å². The first-order valence-corrected chi connectivity index (χ1v) is 8.32. The van der Waals surface area contributed by atoms with Crippen molar-refractivity contribution in [1.29, 1.82) is 0 Å². The van der Waals surface area contributed by atoms with Crippen LogP contribution in [0.15, 0.2) is 36.5 Å². The van der Waals surface area contributed by atoms with E-state index in [2.05, 4.69) is 9.72 Å². The number of hydrogen-bond acceptors (Lipinski definition) is 4. The number of fused-ring (bicyclic) bond motifs is 1. The first kappa shape index (κ1) is 19.3. The van der Waals surface area contributed by atoms with Gasteiger partial charge in [0.2, 0.25) is 5.78 Å². The Kier molecular flexibility index (Phi) is 5.19. The van der Waals surface area contributed by atoms with Crippen LogP contribution in [0, 0.1) is 5.92 Å². The zero-order valence-corrected chi connectivity index (χ0v) is 14.3. The molecule has 0 radical (unpaired) electrons. The van der Waals surface area contributed by atoms with Crippen molar-refractivity contribution in [2.24, 2.45) is 5.92 Å². The number of aliphatic hydroxyl groups excluding tert-OH is 1. The van der Waals surface area contributed by atoms with Crippen LogP contribution in [0.5, 0.6) is 5.75 Å². The van der Waals surface area contributed by atoms with Gasteiger partial charge in [0.25, 0.3) is 0 Å². The molecule has 4 nitrogen and oxygen atoms in total. The molecule has 2 aromatic rings. The summed E-state index contributed by atoms with van der Waals surface area (Å²) in [5.74, 6) is -6.24. The Hall–Kier alpha value is -2.48. The highest BCUT2D eigenvalue weighted by molar-refractivity contribution is 5.92. The van der Waals surface area contributed by atoms with E-state index in [0.717, 1.165) is 0 Å². The van der Waals surface area contributed by atoms with Crippen molar-refractivity contribution in [2.45, 2.75) is 38.4 Å². The Bertz CT molecular complexity index is 855. The SMILES string of the molecule is C[C@H](O)c1cccc2c1C(F)(F)C(=O)C(Cc1cc(OC(F)F)ccn1)C2. The van der Waals surface area contributed by atoms with Gasteiger partial charge in [-0.2, -0.15) is 17.6 Å². The molecule has 0 bridgehead atoms. The van der Waals surface area contributed by atoms with Gasteiger partial charge in [-0.15, -0.1) is 0 Å². The number of aromatic nitrogens is 1. The molecule has 0 saturated heterocycles. The monoisotopic (exact) mass is 383 g/mol. The third kappa shape index (κ3) is 3.80. The third-order valence-electron chi connectivity index (χ3n) is 4.56. The normalized spacial score (nSPS) is 19.7. The lowest BCUT2D eigenvalue weighted by Crippen LogP contribution is -2.41. The van der Waals surface area contributed by atoms with Gasteiger partial charge in [0.1, 0.15) is 5.75 Å². The van der Waals surface area contributed by atoms with Crippen molar-refractivity contribution < 1.29 is 32.2 Å². The highest BCUT2D eigenvalue weighted by Gasteiger charge is 2.51. The maximum atomic E-state index is 14.8. The van der Waals surface area contributed by atoms with E-state index in [-0.39, 0.29) is 35.4 Å². The molecule has 1 unspecified atom stereocenters. The van der Waals surface area contributed by atoms with Gasteiger partial charge in [0.15, 0.2) is 0 Å². The van der Waals surface area contributed by atoms with Crippen LogP contribution in [-0.4, -0.2) is 22.5 Å². The second-order valence-electron chi connectivity index (χ2n) is 6.46. The van der Waals surface area contributed by atoms with Crippen LogP contribution in [0.25, 0.3) is 0 Å². The Morgan fingerprint density at radius 2 is 2.07 bits per heavy atom. The zero-order chi connectivity index (χ0) is 19.8. The number of benzene rings is 1.